The van der Waals surface area contributed by atoms with Crippen molar-refractivity contribution in [3.8, 4) is 5.75 Å². The lowest BCUT2D eigenvalue weighted by atomic mass is 9.95. The number of nitrogens with one attached hydrogen (secondary N) is 2. The molecule has 2 amide bonds. The van der Waals surface area contributed by atoms with Crippen LogP contribution < -0.4 is 15.4 Å². The van der Waals surface area contributed by atoms with Crippen LogP contribution in [0.2, 0.25) is 0 Å². The van der Waals surface area contributed by atoms with Gasteiger partial charge in [0.1, 0.15) is 12.4 Å². The van der Waals surface area contributed by atoms with E-state index in [0.29, 0.717) is 29.2 Å². The van der Waals surface area contributed by atoms with E-state index in [-0.39, 0.29) is 18.6 Å². The first-order valence-electron chi connectivity index (χ1n) is 9.78. The number of urea groups is 1. The molecule has 0 bridgehead atoms. The highest BCUT2D eigenvalue weighted by Gasteiger charge is 2.32. The highest BCUT2D eigenvalue weighted by atomic mass is 16.5. The number of amides is 2. The minimum Gasteiger partial charge on any atom is -0.489 e. The van der Waals surface area contributed by atoms with E-state index in [2.05, 4.69) is 15.4 Å². The fourth-order valence-corrected chi connectivity index (χ4v) is 3.20. The molecular weight excluding hydrogens is 400 g/mol. The molecular formula is C23H24N2O6. The highest BCUT2D eigenvalue weighted by Crippen LogP contribution is 2.29. The number of methoxy groups -OCH3 is 1. The van der Waals surface area contributed by atoms with Gasteiger partial charge in [0.15, 0.2) is 0 Å². The number of esters is 2. The van der Waals surface area contributed by atoms with E-state index in [9.17, 15) is 14.4 Å². The van der Waals surface area contributed by atoms with Gasteiger partial charge in [-0.15, -0.1) is 0 Å². The Morgan fingerprint density at radius 2 is 1.68 bits per heavy atom. The average Bonchev–Trinajstić information content (AvgIpc) is 2.77. The maximum absolute atomic E-state index is 12.4. The Hall–Kier alpha value is -3.81. The van der Waals surface area contributed by atoms with Crippen LogP contribution in [-0.2, 0) is 20.9 Å². The van der Waals surface area contributed by atoms with Crippen molar-refractivity contribution in [1.82, 2.24) is 10.6 Å². The van der Waals surface area contributed by atoms with Gasteiger partial charge in [0, 0.05) is 5.70 Å². The summed E-state index contributed by atoms with van der Waals surface area (Å²) in [6.07, 6.45) is 0. The summed E-state index contributed by atoms with van der Waals surface area (Å²) in [7, 11) is 1.34. The van der Waals surface area contributed by atoms with E-state index in [1.54, 1.807) is 62.4 Å². The van der Waals surface area contributed by atoms with E-state index in [1.807, 2.05) is 0 Å². The molecule has 0 spiro atoms. The van der Waals surface area contributed by atoms with Crippen molar-refractivity contribution in [3.05, 3.63) is 76.5 Å². The monoisotopic (exact) mass is 424 g/mol. The van der Waals surface area contributed by atoms with Crippen LogP contribution in [0.1, 0.15) is 41.4 Å². The molecule has 2 aromatic rings. The standard InChI is InChI=1S/C23H24N2O6/c1-4-30-22(27)19-14(2)24-23(28)25-20(19)16-9-11-18(12-10-16)31-13-15-5-7-17(8-6-15)21(26)29-3/h5-12,20H,4,13H2,1-3H3,(H2,24,25,28). The quantitative estimate of drug-likeness (QED) is 0.662. The SMILES string of the molecule is CCOC(=O)C1=C(C)NC(=O)NC1c1ccc(OCc2ccc(C(=O)OC)cc2)cc1. The van der Waals surface area contributed by atoms with Crippen LogP contribution in [0.4, 0.5) is 4.79 Å². The molecule has 2 aromatic carbocycles. The van der Waals surface area contributed by atoms with Gasteiger partial charge in [0.05, 0.1) is 30.9 Å². The van der Waals surface area contributed by atoms with Gasteiger partial charge in [-0.25, -0.2) is 14.4 Å². The van der Waals surface area contributed by atoms with Gasteiger partial charge < -0.3 is 24.8 Å². The summed E-state index contributed by atoms with van der Waals surface area (Å²) in [4.78, 5) is 35.8. The lowest BCUT2D eigenvalue weighted by Crippen LogP contribution is -2.45. The number of benzene rings is 2. The second kappa shape index (κ2) is 9.80. The van der Waals surface area contributed by atoms with Crippen LogP contribution in [0.25, 0.3) is 0 Å². The van der Waals surface area contributed by atoms with E-state index >= 15 is 0 Å². The lowest BCUT2D eigenvalue weighted by molar-refractivity contribution is -0.139. The Kier molecular flexibility index (Phi) is 6.92. The summed E-state index contributed by atoms with van der Waals surface area (Å²) >= 11 is 0. The summed E-state index contributed by atoms with van der Waals surface area (Å²) in [5.74, 6) is -0.243. The van der Waals surface area contributed by atoms with Crippen molar-refractivity contribution in [3.63, 3.8) is 0 Å². The molecule has 0 fully saturated rings. The van der Waals surface area contributed by atoms with Gasteiger partial charge in [-0.05, 0) is 49.2 Å². The van der Waals surface area contributed by atoms with Crippen LogP contribution in [0.3, 0.4) is 0 Å². The zero-order chi connectivity index (χ0) is 22.4. The average molecular weight is 424 g/mol. The number of carbonyl (C=O) groups excluding carboxylic acids is 3. The summed E-state index contributed by atoms with van der Waals surface area (Å²) in [5.41, 5.74) is 2.92. The minimum absolute atomic E-state index is 0.240. The van der Waals surface area contributed by atoms with Crippen molar-refractivity contribution in [2.75, 3.05) is 13.7 Å². The third kappa shape index (κ3) is 5.22. The zero-order valence-corrected chi connectivity index (χ0v) is 17.6. The predicted molar refractivity (Wildman–Crippen MR) is 112 cm³/mol. The largest absolute Gasteiger partial charge is 0.489 e. The number of hydrogen-bond acceptors (Lipinski definition) is 6. The summed E-state index contributed by atoms with van der Waals surface area (Å²) in [5, 5.41) is 5.37. The molecule has 8 nitrogen and oxygen atoms in total. The fourth-order valence-electron chi connectivity index (χ4n) is 3.20. The van der Waals surface area contributed by atoms with E-state index in [1.165, 1.54) is 7.11 Å². The van der Waals surface area contributed by atoms with E-state index in [4.69, 9.17) is 9.47 Å². The Labute approximate surface area is 180 Å². The first-order valence-corrected chi connectivity index (χ1v) is 9.78. The molecule has 31 heavy (non-hydrogen) atoms. The van der Waals surface area contributed by atoms with Crippen LogP contribution in [-0.4, -0.2) is 31.7 Å². The molecule has 1 unspecified atom stereocenters. The summed E-state index contributed by atoms with van der Waals surface area (Å²) < 4.78 is 15.6. The first kappa shape index (κ1) is 21.9. The zero-order valence-electron chi connectivity index (χ0n) is 17.6. The lowest BCUT2D eigenvalue weighted by Gasteiger charge is -2.28. The number of allylic oxidation sites excluding steroid dienone is 1. The van der Waals surface area contributed by atoms with Crippen molar-refractivity contribution in [2.24, 2.45) is 0 Å². The Bertz CT molecular complexity index is 996. The second-order valence-corrected chi connectivity index (χ2v) is 6.84. The first-order chi connectivity index (χ1) is 14.9. The molecule has 0 aromatic heterocycles. The van der Waals surface area contributed by atoms with Crippen molar-refractivity contribution in [1.29, 1.82) is 0 Å². The third-order valence-corrected chi connectivity index (χ3v) is 4.76. The van der Waals surface area contributed by atoms with Gasteiger partial charge in [-0.3, -0.25) is 0 Å². The van der Waals surface area contributed by atoms with Gasteiger partial charge in [0.2, 0.25) is 0 Å². The molecule has 0 aliphatic carbocycles. The fraction of sp³-hybridized carbons (Fsp3) is 0.261. The maximum atomic E-state index is 12.4. The molecule has 3 rings (SSSR count). The van der Waals surface area contributed by atoms with Crippen molar-refractivity contribution in [2.45, 2.75) is 26.5 Å². The van der Waals surface area contributed by atoms with Crippen molar-refractivity contribution >= 4 is 18.0 Å². The predicted octanol–water partition coefficient (Wildman–Crippen LogP) is 3.24. The number of carbonyl (C=O) groups is 3. The molecule has 1 atom stereocenters. The molecule has 0 saturated carbocycles. The molecule has 2 N–H and O–H groups in total. The number of hydrogen-bond donors (Lipinski definition) is 2. The smallest absolute Gasteiger partial charge is 0.338 e. The highest BCUT2D eigenvalue weighted by molar-refractivity contribution is 5.95. The van der Waals surface area contributed by atoms with Crippen LogP contribution >= 0.6 is 0 Å². The van der Waals surface area contributed by atoms with Crippen LogP contribution in [0.15, 0.2) is 59.8 Å². The Balaban J connectivity index is 1.70. The Morgan fingerprint density at radius 1 is 1.00 bits per heavy atom. The van der Waals surface area contributed by atoms with Gasteiger partial charge >= 0.3 is 18.0 Å². The number of ether oxygens (including phenoxy) is 3. The molecule has 0 radical (unpaired) electrons. The molecule has 162 valence electrons. The van der Waals surface area contributed by atoms with Gasteiger partial charge in [0.25, 0.3) is 0 Å². The Morgan fingerprint density at radius 3 is 2.29 bits per heavy atom. The molecule has 8 heteroatoms. The molecule has 0 saturated heterocycles. The topological polar surface area (TPSA) is 103 Å². The summed E-state index contributed by atoms with van der Waals surface area (Å²) in [6, 6.07) is 13.1. The van der Waals surface area contributed by atoms with E-state index < -0.39 is 12.0 Å². The van der Waals surface area contributed by atoms with Crippen LogP contribution in [0.5, 0.6) is 5.75 Å². The van der Waals surface area contributed by atoms with Crippen molar-refractivity contribution < 1.29 is 28.6 Å². The molecule has 1 heterocycles. The van der Waals surface area contributed by atoms with Gasteiger partial charge in [-0.1, -0.05) is 24.3 Å². The molecule has 1 aliphatic heterocycles. The number of rotatable bonds is 7. The summed E-state index contributed by atoms with van der Waals surface area (Å²) in [6.45, 7) is 3.95. The molecule has 1 aliphatic rings. The van der Waals surface area contributed by atoms with Gasteiger partial charge in [-0.2, -0.15) is 0 Å². The normalized spacial score (nSPS) is 15.6. The third-order valence-electron chi connectivity index (χ3n) is 4.76. The minimum atomic E-state index is -0.618. The van der Waals surface area contributed by atoms with E-state index in [0.717, 1.165) is 11.1 Å². The van der Waals surface area contributed by atoms with Crippen LogP contribution in [0, 0.1) is 0 Å². The second-order valence-electron chi connectivity index (χ2n) is 6.84. The maximum Gasteiger partial charge on any atom is 0.338 e.